The summed E-state index contributed by atoms with van der Waals surface area (Å²) in [7, 11) is -3.62. The normalized spacial score (nSPS) is 11.8. The van der Waals surface area contributed by atoms with Crippen molar-refractivity contribution in [1.29, 1.82) is 0 Å². The number of rotatable bonds is 5. The van der Waals surface area contributed by atoms with Crippen LogP contribution in [0.2, 0.25) is 0 Å². The highest BCUT2D eigenvalue weighted by atomic mass is 32.2. The third-order valence-corrected chi connectivity index (χ3v) is 5.88. The SMILES string of the molecule is Cc1cc(CO)cc(S(=O)(=O)NCc2scnc2C)c1C. The number of hydrogen-bond acceptors (Lipinski definition) is 5. The summed E-state index contributed by atoms with van der Waals surface area (Å²) in [6.45, 7) is 5.49. The van der Waals surface area contributed by atoms with Gasteiger partial charge < -0.3 is 5.11 Å². The van der Waals surface area contributed by atoms with Crippen molar-refractivity contribution >= 4 is 21.4 Å². The Kier molecular flexibility index (Phi) is 4.77. The molecule has 2 N–H and O–H groups in total. The average Bonchev–Trinajstić information content (AvgIpc) is 2.84. The zero-order valence-electron chi connectivity index (χ0n) is 12.2. The van der Waals surface area contributed by atoms with Crippen LogP contribution in [0.15, 0.2) is 22.5 Å². The van der Waals surface area contributed by atoms with Gasteiger partial charge >= 0.3 is 0 Å². The van der Waals surface area contributed by atoms with E-state index in [0.717, 1.165) is 16.1 Å². The van der Waals surface area contributed by atoms with E-state index in [1.165, 1.54) is 17.4 Å². The predicted molar refractivity (Wildman–Crippen MR) is 82.7 cm³/mol. The molecule has 2 aromatic rings. The number of sulfonamides is 1. The molecular weight excluding hydrogens is 308 g/mol. The van der Waals surface area contributed by atoms with Gasteiger partial charge in [-0.2, -0.15) is 0 Å². The minimum atomic E-state index is -3.62. The van der Waals surface area contributed by atoms with E-state index >= 15 is 0 Å². The summed E-state index contributed by atoms with van der Waals surface area (Å²) < 4.78 is 27.5. The Labute approximate surface area is 128 Å². The van der Waals surface area contributed by atoms with E-state index in [4.69, 9.17) is 0 Å². The molecule has 0 amide bonds. The molecule has 0 saturated carbocycles. The van der Waals surface area contributed by atoms with E-state index < -0.39 is 10.0 Å². The van der Waals surface area contributed by atoms with Crippen LogP contribution in [0.4, 0.5) is 0 Å². The highest BCUT2D eigenvalue weighted by molar-refractivity contribution is 7.89. The molecule has 1 aromatic heterocycles. The summed E-state index contributed by atoms with van der Waals surface area (Å²) in [5.41, 5.74) is 4.66. The Bertz CT molecular complexity index is 752. The quantitative estimate of drug-likeness (QED) is 0.881. The fourth-order valence-electron chi connectivity index (χ4n) is 2.00. The third kappa shape index (κ3) is 3.49. The number of benzene rings is 1. The second kappa shape index (κ2) is 6.23. The number of aryl methyl sites for hydroxylation is 2. The minimum absolute atomic E-state index is 0.183. The van der Waals surface area contributed by atoms with Crippen LogP contribution in [0.1, 0.15) is 27.3 Å². The zero-order chi connectivity index (χ0) is 15.6. The first-order chi connectivity index (χ1) is 9.85. The fourth-order valence-corrected chi connectivity index (χ4v) is 4.17. The minimum Gasteiger partial charge on any atom is -0.392 e. The first kappa shape index (κ1) is 16.1. The maximum Gasteiger partial charge on any atom is 0.241 e. The van der Waals surface area contributed by atoms with Crippen LogP contribution in [0.25, 0.3) is 0 Å². The first-order valence-electron chi connectivity index (χ1n) is 6.44. The van der Waals surface area contributed by atoms with Crippen LogP contribution in [-0.2, 0) is 23.2 Å². The molecule has 5 nitrogen and oxygen atoms in total. The van der Waals surface area contributed by atoms with Crippen molar-refractivity contribution in [3.05, 3.63) is 44.9 Å². The van der Waals surface area contributed by atoms with E-state index in [0.29, 0.717) is 11.1 Å². The van der Waals surface area contributed by atoms with Crippen LogP contribution in [0.3, 0.4) is 0 Å². The van der Waals surface area contributed by atoms with E-state index in [2.05, 4.69) is 9.71 Å². The summed E-state index contributed by atoms with van der Waals surface area (Å²) in [6.07, 6.45) is 0. The van der Waals surface area contributed by atoms with Gasteiger partial charge in [-0.25, -0.2) is 18.1 Å². The molecule has 0 aliphatic carbocycles. The van der Waals surface area contributed by atoms with Gasteiger partial charge in [0.15, 0.2) is 0 Å². The number of aromatic nitrogens is 1. The molecule has 114 valence electrons. The molecule has 1 heterocycles. The zero-order valence-corrected chi connectivity index (χ0v) is 13.8. The number of hydrogen-bond donors (Lipinski definition) is 2. The van der Waals surface area contributed by atoms with Gasteiger partial charge in [0.2, 0.25) is 10.0 Å². The van der Waals surface area contributed by atoms with Crippen molar-refractivity contribution in [3.63, 3.8) is 0 Å². The number of aliphatic hydroxyl groups excluding tert-OH is 1. The lowest BCUT2D eigenvalue weighted by atomic mass is 10.1. The van der Waals surface area contributed by atoms with Crippen molar-refractivity contribution < 1.29 is 13.5 Å². The summed E-state index contributed by atoms with van der Waals surface area (Å²) in [6, 6.07) is 3.31. The molecule has 0 radical (unpaired) electrons. The highest BCUT2D eigenvalue weighted by Gasteiger charge is 2.19. The number of thiazole rings is 1. The van der Waals surface area contributed by atoms with Gasteiger partial charge in [-0.3, -0.25) is 0 Å². The lowest BCUT2D eigenvalue weighted by molar-refractivity contribution is 0.281. The van der Waals surface area contributed by atoms with E-state index in [1.807, 2.05) is 13.8 Å². The summed E-state index contributed by atoms with van der Waals surface area (Å²) in [5, 5.41) is 9.24. The topological polar surface area (TPSA) is 79.3 Å². The average molecular weight is 326 g/mol. The monoisotopic (exact) mass is 326 g/mol. The van der Waals surface area contributed by atoms with E-state index in [9.17, 15) is 13.5 Å². The van der Waals surface area contributed by atoms with Crippen molar-refractivity contribution in [2.24, 2.45) is 0 Å². The second-order valence-electron chi connectivity index (χ2n) is 4.88. The van der Waals surface area contributed by atoms with Crippen molar-refractivity contribution in [2.45, 2.75) is 38.8 Å². The molecule has 0 saturated heterocycles. The smallest absolute Gasteiger partial charge is 0.241 e. The maximum atomic E-state index is 12.5. The lowest BCUT2D eigenvalue weighted by Crippen LogP contribution is -2.24. The third-order valence-electron chi connectivity index (χ3n) is 3.42. The van der Waals surface area contributed by atoms with Gasteiger partial charge in [0.25, 0.3) is 0 Å². The molecule has 0 spiro atoms. The van der Waals surface area contributed by atoms with Crippen LogP contribution in [0, 0.1) is 20.8 Å². The summed E-state index contributed by atoms with van der Waals surface area (Å²) in [4.78, 5) is 5.21. The molecule has 21 heavy (non-hydrogen) atoms. The van der Waals surface area contributed by atoms with E-state index in [-0.39, 0.29) is 18.0 Å². The summed E-state index contributed by atoms with van der Waals surface area (Å²) >= 11 is 1.42. The van der Waals surface area contributed by atoms with Gasteiger partial charge in [-0.15, -0.1) is 11.3 Å². The van der Waals surface area contributed by atoms with Crippen molar-refractivity contribution in [3.8, 4) is 0 Å². The van der Waals surface area contributed by atoms with Crippen LogP contribution >= 0.6 is 11.3 Å². The van der Waals surface area contributed by atoms with Crippen molar-refractivity contribution in [1.82, 2.24) is 9.71 Å². The van der Waals surface area contributed by atoms with Gasteiger partial charge in [0.05, 0.1) is 22.7 Å². The Morgan fingerprint density at radius 3 is 2.57 bits per heavy atom. The number of aliphatic hydroxyl groups is 1. The van der Waals surface area contributed by atoms with Crippen molar-refractivity contribution in [2.75, 3.05) is 0 Å². The Morgan fingerprint density at radius 2 is 2.00 bits per heavy atom. The highest BCUT2D eigenvalue weighted by Crippen LogP contribution is 2.22. The van der Waals surface area contributed by atoms with Crippen LogP contribution in [-0.4, -0.2) is 18.5 Å². The Hall–Kier alpha value is -1.28. The molecule has 0 aliphatic rings. The molecule has 2 rings (SSSR count). The predicted octanol–water partition coefficient (Wildman–Crippen LogP) is 2.04. The number of nitrogens with one attached hydrogen (secondary N) is 1. The first-order valence-corrected chi connectivity index (χ1v) is 8.81. The Balaban J connectivity index is 2.31. The summed E-state index contributed by atoms with van der Waals surface area (Å²) in [5.74, 6) is 0. The number of nitrogens with zero attached hydrogens (tertiary/aromatic N) is 1. The molecule has 0 atom stereocenters. The van der Waals surface area contributed by atoms with Gasteiger partial charge in [-0.05, 0) is 43.5 Å². The van der Waals surface area contributed by atoms with Gasteiger partial charge in [0, 0.05) is 11.4 Å². The molecule has 0 aliphatic heterocycles. The molecule has 0 bridgehead atoms. The largest absolute Gasteiger partial charge is 0.392 e. The van der Waals surface area contributed by atoms with Crippen LogP contribution < -0.4 is 4.72 Å². The molecule has 1 aromatic carbocycles. The molecule has 0 fully saturated rings. The lowest BCUT2D eigenvalue weighted by Gasteiger charge is -2.12. The fraction of sp³-hybridized carbons (Fsp3) is 0.357. The van der Waals surface area contributed by atoms with Gasteiger partial charge in [0.1, 0.15) is 0 Å². The second-order valence-corrected chi connectivity index (χ2v) is 7.55. The molecule has 0 unspecified atom stereocenters. The maximum absolute atomic E-state index is 12.5. The van der Waals surface area contributed by atoms with Gasteiger partial charge in [-0.1, -0.05) is 6.07 Å². The molecule has 7 heteroatoms. The Morgan fingerprint density at radius 1 is 1.29 bits per heavy atom. The molecular formula is C14H18N2O3S2. The van der Waals surface area contributed by atoms with E-state index in [1.54, 1.807) is 18.5 Å². The van der Waals surface area contributed by atoms with Crippen LogP contribution in [0.5, 0.6) is 0 Å². The standard InChI is InChI=1S/C14H18N2O3S2/c1-9-4-12(7-17)5-14(10(9)2)21(18,19)16-6-13-11(3)15-8-20-13/h4-5,8,16-17H,6-7H2,1-3H3.